The molecular formula is C36H40N4O7. The number of piperidine rings is 1. The number of rotatable bonds is 5. The average Bonchev–Trinajstić information content (AvgIpc) is 3.51. The van der Waals surface area contributed by atoms with E-state index in [1.165, 1.54) is 0 Å². The number of carbonyl (C=O) groups is 4. The zero-order chi connectivity index (χ0) is 32.8. The van der Waals surface area contributed by atoms with Gasteiger partial charge in [-0.05, 0) is 66.4 Å². The second kappa shape index (κ2) is 14.6. The summed E-state index contributed by atoms with van der Waals surface area (Å²) in [5.74, 6) is 1.30. The first kappa shape index (κ1) is 31.9. The summed E-state index contributed by atoms with van der Waals surface area (Å²) in [5, 5.41) is 6.04. The van der Waals surface area contributed by atoms with Crippen LogP contribution in [0.25, 0.3) is 11.1 Å². The highest BCUT2D eigenvalue weighted by Crippen LogP contribution is 2.33. The number of amides is 4. The van der Waals surface area contributed by atoms with Crippen LogP contribution in [0.5, 0.6) is 17.2 Å². The lowest BCUT2D eigenvalue weighted by atomic mass is 9.99. The predicted octanol–water partition coefficient (Wildman–Crippen LogP) is 3.55. The normalized spacial score (nSPS) is 20.0. The van der Waals surface area contributed by atoms with Gasteiger partial charge in [0.2, 0.25) is 11.8 Å². The van der Waals surface area contributed by atoms with Gasteiger partial charge in [-0.15, -0.1) is 0 Å². The maximum absolute atomic E-state index is 13.8. The van der Waals surface area contributed by atoms with Crippen LogP contribution in [0.1, 0.15) is 48.0 Å². The minimum atomic E-state index is -0.479. The molecule has 2 atom stereocenters. The number of nitrogens with one attached hydrogen (secondary N) is 2. The molecule has 0 saturated carbocycles. The van der Waals surface area contributed by atoms with Gasteiger partial charge in [-0.2, -0.15) is 0 Å². The molecule has 4 aliphatic heterocycles. The fraction of sp³-hybridized carbons (Fsp3) is 0.389. The number of likely N-dealkylation sites (tertiary alicyclic amines) is 2. The van der Waals surface area contributed by atoms with E-state index in [2.05, 4.69) is 10.6 Å². The first-order valence-electron chi connectivity index (χ1n) is 16.2. The predicted molar refractivity (Wildman–Crippen MR) is 174 cm³/mol. The van der Waals surface area contributed by atoms with Crippen LogP contribution in [0, 0.1) is 0 Å². The van der Waals surface area contributed by atoms with E-state index in [-0.39, 0.29) is 36.3 Å². The van der Waals surface area contributed by atoms with E-state index in [4.69, 9.17) is 14.2 Å². The van der Waals surface area contributed by atoms with Crippen LogP contribution in [0.3, 0.4) is 0 Å². The summed E-state index contributed by atoms with van der Waals surface area (Å²) in [6.45, 7) is 2.31. The SMILES string of the molecule is COc1ccc2cc1-c1cccc(c1)OCC(=O)NCc1ccc(cc1)O[C@@H]1CCN(C(=O)CCCN3CCCC3=O)C[C@H]1NC2=O. The van der Waals surface area contributed by atoms with Gasteiger partial charge in [-0.25, -0.2) is 0 Å². The Morgan fingerprint density at radius 1 is 0.979 bits per heavy atom. The topological polar surface area (TPSA) is 127 Å². The summed E-state index contributed by atoms with van der Waals surface area (Å²) < 4.78 is 17.8. The summed E-state index contributed by atoms with van der Waals surface area (Å²) >= 11 is 0. The first-order chi connectivity index (χ1) is 22.9. The van der Waals surface area contributed by atoms with Crippen LogP contribution in [-0.2, 0) is 20.9 Å². The third-order valence-corrected chi connectivity index (χ3v) is 8.89. The van der Waals surface area contributed by atoms with Gasteiger partial charge < -0.3 is 34.6 Å². The van der Waals surface area contributed by atoms with Gasteiger partial charge in [-0.3, -0.25) is 19.2 Å². The van der Waals surface area contributed by atoms with Crippen molar-refractivity contribution in [2.24, 2.45) is 0 Å². The molecule has 47 heavy (non-hydrogen) atoms. The van der Waals surface area contributed by atoms with Crippen molar-refractivity contribution in [3.05, 3.63) is 77.9 Å². The number of ether oxygens (including phenoxy) is 3. The lowest BCUT2D eigenvalue weighted by Gasteiger charge is -2.39. The van der Waals surface area contributed by atoms with E-state index in [9.17, 15) is 19.2 Å². The lowest BCUT2D eigenvalue weighted by Crippen LogP contribution is -2.58. The molecule has 4 heterocycles. The van der Waals surface area contributed by atoms with Gasteiger partial charge >= 0.3 is 0 Å². The summed E-state index contributed by atoms with van der Waals surface area (Å²) in [4.78, 5) is 55.2. The zero-order valence-corrected chi connectivity index (χ0v) is 26.5. The zero-order valence-electron chi connectivity index (χ0n) is 26.5. The van der Waals surface area contributed by atoms with E-state index >= 15 is 0 Å². The molecular weight excluding hydrogens is 600 g/mol. The maximum Gasteiger partial charge on any atom is 0.258 e. The molecule has 3 aromatic rings. The molecule has 2 saturated heterocycles. The minimum absolute atomic E-state index is 0.00369. The van der Waals surface area contributed by atoms with E-state index in [0.717, 1.165) is 24.1 Å². The number of methoxy groups -OCH3 is 1. The van der Waals surface area contributed by atoms with E-state index in [1.807, 2.05) is 41.3 Å². The molecule has 246 valence electrons. The van der Waals surface area contributed by atoms with Crippen molar-refractivity contribution < 1.29 is 33.4 Å². The molecule has 2 N–H and O–H groups in total. The summed E-state index contributed by atoms with van der Waals surface area (Å²) in [6, 6.07) is 19.5. The first-order valence-corrected chi connectivity index (χ1v) is 16.2. The van der Waals surface area contributed by atoms with Crippen LogP contribution in [-0.4, -0.2) is 85.5 Å². The number of benzene rings is 3. The standard InChI is InChI=1S/C36H40N4O7/c1-45-31-14-11-26-20-29(31)25-5-2-6-28(19-25)46-23-33(41)37-21-24-9-12-27(13-10-24)47-32-15-18-40(22-30(32)38-36(26)44)35(43)8-4-17-39-16-3-7-34(39)42/h2,5-6,9-14,19-20,30,32H,3-4,7-8,15-18,21-23H2,1H3,(H,37,41)(H,38,44)/t30-,32-/m1/s1. The molecule has 11 heteroatoms. The van der Waals surface area contributed by atoms with Gasteiger partial charge in [0.25, 0.3) is 11.8 Å². The monoisotopic (exact) mass is 640 g/mol. The fourth-order valence-electron chi connectivity index (χ4n) is 6.30. The smallest absolute Gasteiger partial charge is 0.258 e. The quantitative estimate of drug-likeness (QED) is 0.437. The van der Waals surface area contributed by atoms with Crippen molar-refractivity contribution in [3.8, 4) is 28.4 Å². The highest BCUT2D eigenvalue weighted by molar-refractivity contribution is 5.96. The molecule has 0 radical (unpaired) electrons. The second-order valence-corrected chi connectivity index (χ2v) is 12.1. The lowest BCUT2D eigenvalue weighted by molar-refractivity contribution is -0.134. The Morgan fingerprint density at radius 3 is 2.62 bits per heavy atom. The highest BCUT2D eigenvalue weighted by atomic mass is 16.5. The third-order valence-electron chi connectivity index (χ3n) is 8.89. The van der Waals surface area contributed by atoms with Crippen molar-refractivity contribution in [2.75, 3.05) is 39.9 Å². The molecule has 4 amide bonds. The maximum atomic E-state index is 13.8. The van der Waals surface area contributed by atoms with Crippen molar-refractivity contribution in [3.63, 3.8) is 0 Å². The number of nitrogens with zero attached hydrogens (tertiary/aromatic N) is 2. The van der Waals surface area contributed by atoms with E-state index in [1.54, 1.807) is 42.3 Å². The summed E-state index contributed by atoms with van der Waals surface area (Å²) in [5.41, 5.74) is 2.76. The Hall–Kier alpha value is -5.06. The summed E-state index contributed by atoms with van der Waals surface area (Å²) in [7, 11) is 1.57. The number of hydrogen-bond donors (Lipinski definition) is 2. The Morgan fingerprint density at radius 2 is 1.83 bits per heavy atom. The van der Waals surface area contributed by atoms with Crippen molar-refractivity contribution in [2.45, 2.75) is 50.8 Å². The molecule has 0 spiro atoms. The van der Waals surface area contributed by atoms with E-state index < -0.39 is 6.04 Å². The second-order valence-electron chi connectivity index (χ2n) is 12.1. The molecule has 0 unspecified atom stereocenters. The van der Waals surface area contributed by atoms with Crippen LogP contribution in [0.4, 0.5) is 0 Å². The van der Waals surface area contributed by atoms with Crippen LogP contribution in [0.15, 0.2) is 66.7 Å². The fourth-order valence-corrected chi connectivity index (χ4v) is 6.30. The Bertz CT molecular complexity index is 1630. The van der Waals surface area contributed by atoms with Crippen molar-refractivity contribution in [1.82, 2.24) is 20.4 Å². The van der Waals surface area contributed by atoms with Gasteiger partial charge in [0.05, 0.1) is 13.2 Å². The van der Waals surface area contributed by atoms with Gasteiger partial charge in [0.15, 0.2) is 6.61 Å². The summed E-state index contributed by atoms with van der Waals surface area (Å²) in [6.07, 6.45) is 2.54. The molecule has 3 aromatic carbocycles. The number of carbonyl (C=O) groups excluding carboxylic acids is 4. The molecule has 0 aromatic heterocycles. The molecule has 2 fully saturated rings. The molecule has 4 aliphatic rings. The molecule has 7 rings (SSSR count). The van der Waals surface area contributed by atoms with Gasteiger partial charge in [-0.1, -0.05) is 24.3 Å². The van der Waals surface area contributed by atoms with Crippen LogP contribution >= 0.6 is 0 Å². The Balaban J connectivity index is 1.25. The third kappa shape index (κ3) is 7.85. The molecule has 6 bridgehead atoms. The average molecular weight is 641 g/mol. The Labute approximate surface area is 274 Å². The highest BCUT2D eigenvalue weighted by Gasteiger charge is 2.34. The van der Waals surface area contributed by atoms with Crippen LogP contribution in [0.2, 0.25) is 0 Å². The molecule has 11 nitrogen and oxygen atoms in total. The van der Waals surface area contributed by atoms with Crippen LogP contribution < -0.4 is 24.8 Å². The number of hydrogen-bond acceptors (Lipinski definition) is 7. The Kier molecular flexibility index (Phi) is 9.89. The van der Waals surface area contributed by atoms with E-state index in [0.29, 0.717) is 80.2 Å². The largest absolute Gasteiger partial charge is 0.496 e. The minimum Gasteiger partial charge on any atom is -0.496 e. The van der Waals surface area contributed by atoms with Gasteiger partial charge in [0, 0.05) is 63.1 Å². The number of fused-ring (bicyclic) bond motifs is 7. The van der Waals surface area contributed by atoms with Crippen molar-refractivity contribution >= 4 is 23.6 Å². The van der Waals surface area contributed by atoms with Gasteiger partial charge in [0.1, 0.15) is 23.4 Å². The van der Waals surface area contributed by atoms with Crippen molar-refractivity contribution in [1.29, 1.82) is 0 Å². The molecule has 0 aliphatic carbocycles.